The maximum atomic E-state index is 14.1. The predicted octanol–water partition coefficient (Wildman–Crippen LogP) is 2.07. The molecule has 0 aromatic heterocycles. The third kappa shape index (κ3) is 3.78. The molecule has 1 aromatic rings. The van der Waals surface area contributed by atoms with Crippen molar-refractivity contribution in [1.82, 2.24) is 4.31 Å². The average molecular weight is 379 g/mol. The number of carbonyl (C=O) groups is 1. The largest absolute Gasteiger partial charge is 0.478 e. The van der Waals surface area contributed by atoms with Gasteiger partial charge in [-0.05, 0) is 19.1 Å². The number of sulfonamides is 1. The molecule has 1 N–H and O–H groups in total. The van der Waals surface area contributed by atoms with E-state index in [1.807, 2.05) is 6.07 Å². The van der Waals surface area contributed by atoms with Gasteiger partial charge < -0.3 is 5.11 Å². The zero-order valence-electron chi connectivity index (χ0n) is 11.2. The summed E-state index contributed by atoms with van der Waals surface area (Å²) in [6.45, 7) is 1.39. The van der Waals surface area contributed by atoms with Crippen LogP contribution in [0, 0.1) is 23.1 Å². The molecule has 1 atom stereocenters. The van der Waals surface area contributed by atoms with Crippen molar-refractivity contribution in [3.05, 3.63) is 28.0 Å². The van der Waals surface area contributed by atoms with Crippen LogP contribution in [0.15, 0.2) is 21.5 Å². The minimum Gasteiger partial charge on any atom is -0.478 e. The van der Waals surface area contributed by atoms with E-state index in [0.29, 0.717) is 0 Å². The van der Waals surface area contributed by atoms with Crippen LogP contribution >= 0.6 is 15.9 Å². The molecule has 114 valence electrons. The number of hydrogen-bond acceptors (Lipinski definition) is 4. The van der Waals surface area contributed by atoms with Crippen molar-refractivity contribution in [3.8, 4) is 6.07 Å². The molecule has 6 nitrogen and oxygen atoms in total. The van der Waals surface area contributed by atoms with Crippen molar-refractivity contribution < 1.29 is 22.7 Å². The summed E-state index contributed by atoms with van der Waals surface area (Å²) in [4.78, 5) is 10.2. The van der Waals surface area contributed by atoms with E-state index in [1.165, 1.54) is 14.0 Å². The van der Waals surface area contributed by atoms with Gasteiger partial charge in [0.05, 0.1) is 17.6 Å². The predicted molar refractivity (Wildman–Crippen MR) is 75.7 cm³/mol. The van der Waals surface area contributed by atoms with Gasteiger partial charge in [0.15, 0.2) is 5.82 Å². The van der Waals surface area contributed by atoms with Crippen molar-refractivity contribution in [2.75, 3.05) is 13.6 Å². The zero-order chi connectivity index (χ0) is 16.4. The first-order valence-corrected chi connectivity index (χ1v) is 7.92. The Morgan fingerprint density at radius 3 is 2.62 bits per heavy atom. The van der Waals surface area contributed by atoms with Gasteiger partial charge >= 0.3 is 5.97 Å². The first kappa shape index (κ1) is 17.6. The molecule has 0 spiro atoms. The van der Waals surface area contributed by atoms with E-state index in [2.05, 4.69) is 15.9 Å². The van der Waals surface area contributed by atoms with E-state index in [4.69, 9.17) is 10.4 Å². The number of carboxylic acids is 1. The number of benzene rings is 1. The molecule has 1 unspecified atom stereocenters. The highest BCUT2D eigenvalue weighted by atomic mass is 79.9. The molecule has 0 aliphatic heterocycles. The monoisotopic (exact) mass is 378 g/mol. The van der Waals surface area contributed by atoms with Gasteiger partial charge in [0.1, 0.15) is 4.90 Å². The van der Waals surface area contributed by atoms with Crippen LogP contribution < -0.4 is 0 Å². The standard InChI is InChI=1S/C12H12BrFN2O4S/c1-7(5-15)6-16(2)21(19,20)10-4-8(13)3-9(11(10)14)12(17)18/h3-4,7H,6H2,1-2H3,(H,17,18). The Kier molecular flexibility index (Phi) is 5.44. The Labute approximate surface area is 130 Å². The number of nitrogens with zero attached hydrogens (tertiary/aromatic N) is 2. The van der Waals surface area contributed by atoms with Crippen LogP contribution in [0.3, 0.4) is 0 Å². The van der Waals surface area contributed by atoms with Crippen LogP contribution in [0.2, 0.25) is 0 Å². The summed E-state index contributed by atoms with van der Waals surface area (Å²) in [6.07, 6.45) is 0. The Hall–Kier alpha value is -1.50. The fourth-order valence-electron chi connectivity index (χ4n) is 1.60. The lowest BCUT2D eigenvalue weighted by Gasteiger charge is -2.19. The maximum absolute atomic E-state index is 14.1. The molecule has 0 amide bonds. The molecule has 0 saturated heterocycles. The van der Waals surface area contributed by atoms with Crippen molar-refractivity contribution in [2.45, 2.75) is 11.8 Å². The summed E-state index contributed by atoms with van der Waals surface area (Å²) in [7, 11) is -3.04. The molecular formula is C12H12BrFN2O4S. The van der Waals surface area contributed by atoms with Crippen molar-refractivity contribution in [2.24, 2.45) is 5.92 Å². The summed E-state index contributed by atoms with van der Waals surface area (Å²) in [5, 5.41) is 17.6. The molecule has 21 heavy (non-hydrogen) atoms. The normalized spacial score (nSPS) is 13.0. The smallest absolute Gasteiger partial charge is 0.338 e. The van der Waals surface area contributed by atoms with Crippen molar-refractivity contribution in [3.63, 3.8) is 0 Å². The van der Waals surface area contributed by atoms with Crippen LogP contribution in [0.5, 0.6) is 0 Å². The highest BCUT2D eigenvalue weighted by Crippen LogP contribution is 2.26. The van der Waals surface area contributed by atoms with Crippen LogP contribution in [0.4, 0.5) is 4.39 Å². The molecular weight excluding hydrogens is 367 g/mol. The Balaban J connectivity index is 3.39. The molecule has 0 bridgehead atoms. The van der Waals surface area contributed by atoms with Crippen molar-refractivity contribution in [1.29, 1.82) is 5.26 Å². The second kappa shape index (κ2) is 6.51. The summed E-state index contributed by atoms with van der Waals surface area (Å²) < 4.78 is 39.6. The summed E-state index contributed by atoms with van der Waals surface area (Å²) in [6, 6.07) is 3.84. The molecule has 0 aliphatic rings. The minimum atomic E-state index is -4.24. The Bertz CT molecular complexity index is 715. The van der Waals surface area contributed by atoms with E-state index in [9.17, 15) is 17.6 Å². The first-order chi connectivity index (χ1) is 9.61. The summed E-state index contributed by atoms with van der Waals surface area (Å²) in [5.41, 5.74) is -0.746. The number of carboxylic acid groups (broad SMARTS) is 1. The van der Waals surface area contributed by atoms with Crippen LogP contribution in [-0.2, 0) is 10.0 Å². The topological polar surface area (TPSA) is 98.5 Å². The van der Waals surface area contributed by atoms with E-state index < -0.39 is 38.2 Å². The number of nitriles is 1. The third-order valence-electron chi connectivity index (χ3n) is 2.67. The van der Waals surface area contributed by atoms with E-state index in [0.717, 1.165) is 16.4 Å². The molecule has 0 fully saturated rings. The molecule has 0 heterocycles. The van der Waals surface area contributed by atoms with E-state index >= 15 is 0 Å². The fraction of sp³-hybridized carbons (Fsp3) is 0.333. The number of hydrogen-bond donors (Lipinski definition) is 1. The Morgan fingerprint density at radius 2 is 2.14 bits per heavy atom. The van der Waals surface area contributed by atoms with Gasteiger partial charge in [0, 0.05) is 18.1 Å². The highest BCUT2D eigenvalue weighted by Gasteiger charge is 2.29. The maximum Gasteiger partial charge on any atom is 0.338 e. The Morgan fingerprint density at radius 1 is 1.57 bits per heavy atom. The second-order valence-corrected chi connectivity index (χ2v) is 7.32. The molecule has 0 saturated carbocycles. The molecule has 1 aromatic carbocycles. The SMILES string of the molecule is CC(C#N)CN(C)S(=O)(=O)c1cc(Br)cc(C(=O)O)c1F. The van der Waals surface area contributed by atoms with Gasteiger partial charge in [-0.3, -0.25) is 0 Å². The average Bonchev–Trinajstić information content (AvgIpc) is 2.40. The molecule has 0 radical (unpaired) electrons. The van der Waals surface area contributed by atoms with Crippen LogP contribution in [0.1, 0.15) is 17.3 Å². The quantitative estimate of drug-likeness (QED) is 0.845. The lowest BCUT2D eigenvalue weighted by molar-refractivity contribution is 0.0691. The zero-order valence-corrected chi connectivity index (χ0v) is 13.6. The highest BCUT2D eigenvalue weighted by molar-refractivity contribution is 9.10. The van der Waals surface area contributed by atoms with Gasteiger partial charge in [-0.15, -0.1) is 0 Å². The van der Waals surface area contributed by atoms with Crippen LogP contribution in [-0.4, -0.2) is 37.4 Å². The van der Waals surface area contributed by atoms with E-state index in [1.54, 1.807) is 0 Å². The van der Waals surface area contributed by atoms with Crippen LogP contribution in [0.25, 0.3) is 0 Å². The molecule has 9 heteroatoms. The van der Waals surface area contributed by atoms with Gasteiger partial charge in [-0.1, -0.05) is 15.9 Å². The van der Waals surface area contributed by atoms with Gasteiger partial charge in [0.25, 0.3) is 0 Å². The van der Waals surface area contributed by atoms with Gasteiger partial charge in [-0.25, -0.2) is 17.6 Å². The fourth-order valence-corrected chi connectivity index (χ4v) is 3.58. The lowest BCUT2D eigenvalue weighted by Crippen LogP contribution is -2.31. The van der Waals surface area contributed by atoms with Crippen molar-refractivity contribution >= 4 is 31.9 Å². The summed E-state index contributed by atoms with van der Waals surface area (Å²) in [5.74, 6) is -3.49. The number of halogens is 2. The minimum absolute atomic E-state index is 0.126. The summed E-state index contributed by atoms with van der Waals surface area (Å²) >= 11 is 2.96. The molecule has 0 aliphatic carbocycles. The number of aromatic carboxylic acids is 1. The van der Waals surface area contributed by atoms with Gasteiger partial charge in [-0.2, -0.15) is 9.57 Å². The number of rotatable bonds is 5. The first-order valence-electron chi connectivity index (χ1n) is 5.69. The molecule has 1 rings (SSSR count). The lowest BCUT2D eigenvalue weighted by atomic mass is 10.2. The third-order valence-corrected chi connectivity index (χ3v) is 4.95. The van der Waals surface area contributed by atoms with E-state index in [-0.39, 0.29) is 11.0 Å². The van der Waals surface area contributed by atoms with Gasteiger partial charge in [0.2, 0.25) is 10.0 Å². The second-order valence-electron chi connectivity index (χ2n) is 4.39.